The van der Waals surface area contributed by atoms with E-state index in [2.05, 4.69) is 10.2 Å². The van der Waals surface area contributed by atoms with Crippen molar-refractivity contribution < 1.29 is 14.7 Å². The zero-order chi connectivity index (χ0) is 15.9. The maximum Gasteiger partial charge on any atom is 0.320 e. The molecule has 2 saturated heterocycles. The van der Waals surface area contributed by atoms with Crippen molar-refractivity contribution >= 4 is 23.5 Å². The standard InChI is InChI=1S/C14H19ClN4O3/c1-18-8-14(6-10(18)13(21)22)2-4-19(5-3-14)12(20)11-9(15)7-16-17-11/h7,10H,2-6,8H2,1H3,(H,16,17)(H,21,22). The van der Waals surface area contributed by atoms with Crippen molar-refractivity contribution in [3.63, 3.8) is 0 Å². The minimum absolute atomic E-state index is 0.00632. The molecule has 0 aliphatic carbocycles. The molecule has 2 N–H and O–H groups in total. The molecule has 0 saturated carbocycles. The van der Waals surface area contributed by atoms with E-state index < -0.39 is 12.0 Å². The van der Waals surface area contributed by atoms with Crippen LogP contribution in [0.5, 0.6) is 0 Å². The monoisotopic (exact) mass is 326 g/mol. The van der Waals surface area contributed by atoms with Gasteiger partial charge in [0.1, 0.15) is 11.7 Å². The highest BCUT2D eigenvalue weighted by Crippen LogP contribution is 2.43. The van der Waals surface area contributed by atoms with Crippen LogP contribution in [0.15, 0.2) is 6.20 Å². The van der Waals surface area contributed by atoms with Gasteiger partial charge >= 0.3 is 5.97 Å². The number of rotatable bonds is 2. The lowest BCUT2D eigenvalue weighted by atomic mass is 9.76. The number of piperidine rings is 1. The topological polar surface area (TPSA) is 89.5 Å². The van der Waals surface area contributed by atoms with Crippen molar-refractivity contribution in [1.82, 2.24) is 20.0 Å². The van der Waals surface area contributed by atoms with E-state index in [4.69, 9.17) is 11.6 Å². The molecule has 8 heteroatoms. The highest BCUT2D eigenvalue weighted by atomic mass is 35.5. The Morgan fingerprint density at radius 3 is 2.64 bits per heavy atom. The third-order valence-electron chi connectivity index (χ3n) is 4.95. The minimum atomic E-state index is -0.762. The summed E-state index contributed by atoms with van der Waals surface area (Å²) in [5.41, 5.74) is 0.330. The molecule has 7 nitrogen and oxygen atoms in total. The van der Waals surface area contributed by atoms with Crippen LogP contribution in [-0.4, -0.2) is 69.7 Å². The summed E-state index contributed by atoms with van der Waals surface area (Å²) in [6.45, 7) is 2.01. The largest absolute Gasteiger partial charge is 0.480 e. The number of carboxylic acid groups (broad SMARTS) is 1. The molecule has 1 aromatic heterocycles. The number of carbonyl (C=O) groups is 2. The summed E-state index contributed by atoms with van der Waals surface area (Å²) in [6.07, 6.45) is 3.71. The number of likely N-dealkylation sites (N-methyl/N-ethyl adjacent to an activating group) is 1. The van der Waals surface area contributed by atoms with E-state index in [-0.39, 0.29) is 11.3 Å². The third-order valence-corrected chi connectivity index (χ3v) is 5.23. The molecule has 2 fully saturated rings. The van der Waals surface area contributed by atoms with Gasteiger partial charge in [0, 0.05) is 19.6 Å². The highest BCUT2D eigenvalue weighted by molar-refractivity contribution is 6.33. The first kappa shape index (κ1) is 15.3. The van der Waals surface area contributed by atoms with Crippen molar-refractivity contribution in [3.05, 3.63) is 16.9 Å². The number of hydrogen-bond donors (Lipinski definition) is 2. The van der Waals surface area contributed by atoms with Crippen LogP contribution in [-0.2, 0) is 4.79 Å². The second-order valence-electron chi connectivity index (χ2n) is 6.36. The van der Waals surface area contributed by atoms with Gasteiger partial charge in [-0.05, 0) is 31.7 Å². The molecule has 120 valence electrons. The van der Waals surface area contributed by atoms with Crippen LogP contribution in [0.1, 0.15) is 29.8 Å². The molecule has 22 heavy (non-hydrogen) atoms. The average molecular weight is 327 g/mol. The Morgan fingerprint density at radius 2 is 2.14 bits per heavy atom. The SMILES string of the molecule is CN1CC2(CCN(C(=O)c3[nH]ncc3Cl)CC2)CC1C(=O)O. The fourth-order valence-electron chi connectivity index (χ4n) is 3.67. The summed E-state index contributed by atoms with van der Waals surface area (Å²) >= 11 is 5.93. The Kier molecular flexibility index (Phi) is 3.86. The molecule has 3 heterocycles. The number of halogens is 1. The van der Waals surface area contributed by atoms with Gasteiger partial charge in [-0.25, -0.2) is 0 Å². The molecule has 1 aromatic rings. The molecule has 0 bridgehead atoms. The van der Waals surface area contributed by atoms with E-state index in [9.17, 15) is 14.7 Å². The van der Waals surface area contributed by atoms with Gasteiger partial charge in [-0.15, -0.1) is 0 Å². The quantitative estimate of drug-likeness (QED) is 0.848. The maximum absolute atomic E-state index is 12.4. The van der Waals surface area contributed by atoms with Gasteiger partial charge in [-0.1, -0.05) is 11.6 Å². The number of H-pyrrole nitrogens is 1. The molecule has 3 rings (SSSR count). The molecule has 1 spiro atoms. The second kappa shape index (κ2) is 5.55. The molecule has 2 aliphatic rings. The van der Waals surface area contributed by atoms with E-state index in [1.54, 1.807) is 4.90 Å². The number of nitrogens with one attached hydrogen (secondary N) is 1. The Labute approximate surface area is 133 Å². The van der Waals surface area contributed by atoms with Crippen molar-refractivity contribution in [3.8, 4) is 0 Å². The predicted molar refractivity (Wildman–Crippen MR) is 79.8 cm³/mol. The smallest absolute Gasteiger partial charge is 0.320 e. The number of carboxylic acids is 1. The van der Waals surface area contributed by atoms with Gasteiger partial charge in [0.05, 0.1) is 11.2 Å². The number of carbonyl (C=O) groups excluding carboxylic acids is 1. The lowest BCUT2D eigenvalue weighted by molar-refractivity contribution is -0.141. The lowest BCUT2D eigenvalue weighted by Gasteiger charge is -2.39. The van der Waals surface area contributed by atoms with E-state index in [0.717, 1.165) is 19.4 Å². The first-order valence-electron chi connectivity index (χ1n) is 7.33. The van der Waals surface area contributed by atoms with Crippen molar-refractivity contribution in [2.45, 2.75) is 25.3 Å². The predicted octanol–water partition coefficient (Wildman–Crippen LogP) is 1.07. The molecular weight excluding hydrogens is 308 g/mol. The molecule has 1 amide bonds. The number of aliphatic carboxylic acids is 1. The lowest BCUT2D eigenvalue weighted by Crippen LogP contribution is -2.44. The number of hydrogen-bond acceptors (Lipinski definition) is 4. The zero-order valence-corrected chi connectivity index (χ0v) is 13.1. The van der Waals surface area contributed by atoms with E-state index in [1.165, 1.54) is 6.20 Å². The highest BCUT2D eigenvalue weighted by Gasteiger charge is 2.47. The van der Waals surface area contributed by atoms with Gasteiger partial charge in [-0.3, -0.25) is 19.6 Å². The third kappa shape index (κ3) is 2.59. The van der Waals surface area contributed by atoms with Crippen LogP contribution in [0, 0.1) is 5.41 Å². The van der Waals surface area contributed by atoms with Gasteiger partial charge in [0.2, 0.25) is 0 Å². The normalized spacial score (nSPS) is 24.8. The molecular formula is C14H19ClN4O3. The van der Waals surface area contributed by atoms with E-state index >= 15 is 0 Å². The Morgan fingerprint density at radius 1 is 1.45 bits per heavy atom. The molecule has 0 aromatic carbocycles. The fourth-order valence-corrected chi connectivity index (χ4v) is 3.84. The van der Waals surface area contributed by atoms with Crippen molar-refractivity contribution in [2.24, 2.45) is 5.41 Å². The Balaban J connectivity index is 1.65. The first-order valence-corrected chi connectivity index (χ1v) is 7.71. The number of aromatic nitrogens is 2. The molecule has 1 atom stereocenters. The Hall–Kier alpha value is -1.60. The van der Waals surface area contributed by atoms with Crippen LogP contribution < -0.4 is 0 Å². The maximum atomic E-state index is 12.4. The summed E-state index contributed by atoms with van der Waals surface area (Å²) in [5, 5.41) is 16.0. The van der Waals surface area contributed by atoms with Gasteiger partial charge in [-0.2, -0.15) is 5.10 Å². The van der Waals surface area contributed by atoms with Crippen LogP contribution in [0.2, 0.25) is 5.02 Å². The van der Waals surface area contributed by atoms with Crippen LogP contribution >= 0.6 is 11.6 Å². The fraction of sp³-hybridized carbons (Fsp3) is 0.643. The van der Waals surface area contributed by atoms with Crippen LogP contribution in [0.3, 0.4) is 0 Å². The second-order valence-corrected chi connectivity index (χ2v) is 6.77. The summed E-state index contributed by atoms with van der Waals surface area (Å²) < 4.78 is 0. The number of amides is 1. The van der Waals surface area contributed by atoms with Gasteiger partial charge in [0.15, 0.2) is 0 Å². The Bertz CT molecular complexity index is 595. The molecule has 0 radical (unpaired) electrons. The van der Waals surface area contributed by atoms with Crippen molar-refractivity contribution in [1.29, 1.82) is 0 Å². The van der Waals surface area contributed by atoms with E-state index in [1.807, 2.05) is 11.9 Å². The number of likely N-dealkylation sites (tertiary alicyclic amines) is 2. The van der Waals surface area contributed by atoms with Gasteiger partial charge < -0.3 is 10.0 Å². The minimum Gasteiger partial charge on any atom is -0.480 e. The summed E-state index contributed by atoms with van der Waals surface area (Å²) in [6, 6.07) is -0.413. The van der Waals surface area contributed by atoms with E-state index in [0.29, 0.717) is 30.2 Å². The number of nitrogens with zero attached hydrogens (tertiary/aromatic N) is 3. The van der Waals surface area contributed by atoms with Crippen LogP contribution in [0.4, 0.5) is 0 Å². The number of aromatic amines is 1. The summed E-state index contributed by atoms with van der Waals surface area (Å²) in [4.78, 5) is 27.3. The average Bonchev–Trinajstić information content (AvgIpc) is 3.03. The van der Waals surface area contributed by atoms with Gasteiger partial charge in [0.25, 0.3) is 5.91 Å². The molecule has 1 unspecified atom stereocenters. The molecule has 2 aliphatic heterocycles. The van der Waals surface area contributed by atoms with Crippen molar-refractivity contribution in [2.75, 3.05) is 26.7 Å². The summed E-state index contributed by atoms with van der Waals surface area (Å²) in [7, 11) is 1.86. The summed E-state index contributed by atoms with van der Waals surface area (Å²) in [5.74, 6) is -0.902. The van der Waals surface area contributed by atoms with Crippen LogP contribution in [0.25, 0.3) is 0 Å². The first-order chi connectivity index (χ1) is 10.4. The zero-order valence-electron chi connectivity index (χ0n) is 12.4.